The summed E-state index contributed by atoms with van der Waals surface area (Å²) in [5, 5.41) is 12.4. The van der Waals surface area contributed by atoms with Gasteiger partial charge in [0.1, 0.15) is 0 Å². The minimum atomic E-state index is -3.73. The molecule has 26 heavy (non-hydrogen) atoms. The fourth-order valence-corrected chi connectivity index (χ4v) is 4.43. The first-order valence-electron chi connectivity index (χ1n) is 8.22. The van der Waals surface area contributed by atoms with E-state index in [-0.39, 0.29) is 22.8 Å². The van der Waals surface area contributed by atoms with Crippen molar-refractivity contribution in [3.63, 3.8) is 0 Å². The second kappa shape index (κ2) is 6.17. The molecule has 3 atom stereocenters. The van der Waals surface area contributed by atoms with Gasteiger partial charge < -0.3 is 5.32 Å². The van der Waals surface area contributed by atoms with Gasteiger partial charge in [0.05, 0.1) is 10.9 Å². The highest BCUT2D eigenvalue weighted by atomic mass is 32.2. The number of sulfonamides is 1. The summed E-state index contributed by atoms with van der Waals surface area (Å²) >= 11 is 0. The number of nitrogens with zero attached hydrogens (tertiary/aromatic N) is 3. The fourth-order valence-electron chi connectivity index (χ4n) is 3.88. The predicted molar refractivity (Wildman–Crippen MR) is 99.4 cm³/mol. The lowest BCUT2D eigenvalue weighted by Crippen LogP contribution is -2.29. The number of nitrogens with one attached hydrogen (secondary N) is 1. The average molecular weight is 367 g/mol. The largest absolute Gasteiger partial charge is 0.378 e. The Morgan fingerprint density at radius 1 is 1.19 bits per heavy atom. The Labute approximate surface area is 151 Å². The summed E-state index contributed by atoms with van der Waals surface area (Å²) in [4.78, 5) is 2.93. The zero-order valence-electron chi connectivity index (χ0n) is 13.8. The first-order valence-corrected chi connectivity index (χ1v) is 9.77. The lowest BCUT2D eigenvalue weighted by molar-refractivity contribution is 0.425. The first-order chi connectivity index (χ1) is 12.5. The molecule has 7 nitrogen and oxygen atoms in total. The van der Waals surface area contributed by atoms with E-state index in [4.69, 9.17) is 10.7 Å². The van der Waals surface area contributed by atoms with E-state index in [2.05, 4.69) is 27.5 Å². The summed E-state index contributed by atoms with van der Waals surface area (Å²) in [5.41, 5.74) is 12.1. The van der Waals surface area contributed by atoms with Crippen molar-refractivity contribution in [2.45, 2.75) is 23.3 Å². The molecule has 8 heteroatoms. The van der Waals surface area contributed by atoms with E-state index in [1.165, 1.54) is 6.07 Å². The van der Waals surface area contributed by atoms with Crippen molar-refractivity contribution in [1.82, 2.24) is 0 Å². The zero-order valence-corrected chi connectivity index (χ0v) is 14.6. The Hall–Kier alpha value is -2.80. The van der Waals surface area contributed by atoms with Crippen LogP contribution in [0.4, 0.5) is 11.4 Å². The highest BCUT2D eigenvalue weighted by molar-refractivity contribution is 7.89. The third-order valence-corrected chi connectivity index (χ3v) is 5.99. The van der Waals surface area contributed by atoms with E-state index < -0.39 is 10.0 Å². The molecule has 0 saturated carbocycles. The van der Waals surface area contributed by atoms with Gasteiger partial charge in [-0.05, 0) is 47.2 Å². The number of primary sulfonamides is 1. The molecule has 1 aliphatic heterocycles. The van der Waals surface area contributed by atoms with Crippen LogP contribution in [0, 0.1) is 5.92 Å². The van der Waals surface area contributed by atoms with Gasteiger partial charge in [-0.25, -0.2) is 13.6 Å². The Balaban J connectivity index is 1.74. The minimum absolute atomic E-state index is 0.0861. The van der Waals surface area contributed by atoms with Crippen LogP contribution in [-0.4, -0.2) is 8.42 Å². The van der Waals surface area contributed by atoms with Crippen molar-refractivity contribution in [3.8, 4) is 0 Å². The van der Waals surface area contributed by atoms with Gasteiger partial charge in [0.2, 0.25) is 10.0 Å². The monoisotopic (exact) mass is 367 g/mol. The SMILES string of the molecule is [N-]=[N+]=Nc1ccc([C@H]2Nc3ccc(S(N)(=O)=O)cc3[C@H]3C=CC[C@H]32)cc1. The molecule has 0 radical (unpaired) electrons. The van der Waals surface area contributed by atoms with Crippen molar-refractivity contribution in [2.75, 3.05) is 5.32 Å². The Kier molecular flexibility index (Phi) is 3.96. The van der Waals surface area contributed by atoms with Crippen LogP contribution in [0.5, 0.6) is 0 Å². The van der Waals surface area contributed by atoms with Crippen LogP contribution in [0.1, 0.15) is 29.5 Å². The van der Waals surface area contributed by atoms with Crippen molar-refractivity contribution in [2.24, 2.45) is 16.2 Å². The van der Waals surface area contributed by atoms with E-state index in [0.717, 1.165) is 23.2 Å². The number of anilines is 1. The maximum absolute atomic E-state index is 11.7. The molecule has 0 spiro atoms. The molecule has 132 valence electrons. The van der Waals surface area contributed by atoms with Gasteiger partial charge in [-0.3, -0.25) is 0 Å². The first kappa shape index (κ1) is 16.7. The smallest absolute Gasteiger partial charge is 0.238 e. The standard InChI is InChI=1S/C18H17N5O2S/c19-23-22-12-6-4-11(5-7-12)18-15-3-1-2-14(15)16-10-13(26(20,24)25)8-9-17(16)21-18/h1-2,4-10,14-15,18,21H,3H2,(H2,20,24,25)/t14-,15+,18+/m0/s1. The molecule has 0 aromatic heterocycles. The number of fused-ring (bicyclic) bond motifs is 3. The van der Waals surface area contributed by atoms with Gasteiger partial charge in [-0.15, -0.1) is 0 Å². The van der Waals surface area contributed by atoms with Gasteiger partial charge in [0.25, 0.3) is 0 Å². The van der Waals surface area contributed by atoms with Crippen molar-refractivity contribution in [3.05, 3.63) is 76.2 Å². The molecule has 2 aromatic carbocycles. The third-order valence-electron chi connectivity index (χ3n) is 5.08. The summed E-state index contributed by atoms with van der Waals surface area (Å²) in [7, 11) is -3.73. The number of allylic oxidation sites excluding steroid dienone is 2. The molecule has 0 unspecified atom stereocenters. The number of nitrogens with two attached hydrogens (primary N) is 1. The Morgan fingerprint density at radius 2 is 1.96 bits per heavy atom. The highest BCUT2D eigenvalue weighted by Crippen LogP contribution is 2.50. The molecule has 0 bridgehead atoms. The van der Waals surface area contributed by atoms with Crippen LogP contribution in [0.25, 0.3) is 10.4 Å². The lowest BCUT2D eigenvalue weighted by atomic mass is 9.77. The topological polar surface area (TPSA) is 121 Å². The molecule has 0 fully saturated rings. The molecular weight excluding hydrogens is 350 g/mol. The summed E-state index contributed by atoms with van der Waals surface area (Å²) in [6.45, 7) is 0. The number of rotatable bonds is 3. The second-order valence-corrected chi connectivity index (χ2v) is 8.11. The van der Waals surface area contributed by atoms with Crippen molar-refractivity contribution in [1.29, 1.82) is 0 Å². The van der Waals surface area contributed by atoms with Gasteiger partial charge in [0.15, 0.2) is 0 Å². The van der Waals surface area contributed by atoms with E-state index in [0.29, 0.717) is 5.69 Å². The number of hydrogen-bond acceptors (Lipinski definition) is 4. The minimum Gasteiger partial charge on any atom is -0.378 e. The van der Waals surface area contributed by atoms with E-state index in [1.807, 2.05) is 12.1 Å². The third kappa shape index (κ3) is 2.84. The molecule has 3 N–H and O–H groups in total. The molecule has 2 aromatic rings. The van der Waals surface area contributed by atoms with Crippen molar-refractivity contribution < 1.29 is 8.42 Å². The predicted octanol–water partition coefficient (Wildman–Crippen LogP) is 4.10. The van der Waals surface area contributed by atoms with Gasteiger partial charge in [0, 0.05) is 22.2 Å². The highest BCUT2D eigenvalue weighted by Gasteiger charge is 2.38. The number of hydrogen-bond donors (Lipinski definition) is 2. The maximum atomic E-state index is 11.7. The Bertz CT molecular complexity index is 1040. The lowest BCUT2D eigenvalue weighted by Gasteiger charge is -2.37. The van der Waals surface area contributed by atoms with Crippen LogP contribution < -0.4 is 10.5 Å². The zero-order chi connectivity index (χ0) is 18.3. The van der Waals surface area contributed by atoms with E-state index >= 15 is 0 Å². The van der Waals surface area contributed by atoms with Crippen LogP contribution in [0.15, 0.2) is 64.6 Å². The van der Waals surface area contributed by atoms with E-state index in [1.54, 1.807) is 24.3 Å². The molecule has 1 heterocycles. The molecule has 4 rings (SSSR count). The molecule has 0 saturated heterocycles. The number of azide groups is 1. The summed E-state index contributed by atoms with van der Waals surface area (Å²) in [6.07, 6.45) is 5.18. The van der Waals surface area contributed by atoms with Crippen molar-refractivity contribution >= 4 is 21.4 Å². The second-order valence-electron chi connectivity index (χ2n) is 6.55. The van der Waals surface area contributed by atoms with Gasteiger partial charge in [-0.1, -0.05) is 41.5 Å². The van der Waals surface area contributed by atoms with Gasteiger partial charge in [-0.2, -0.15) is 0 Å². The van der Waals surface area contributed by atoms with Crippen LogP contribution in [-0.2, 0) is 10.0 Å². The van der Waals surface area contributed by atoms with Gasteiger partial charge >= 0.3 is 0 Å². The quantitative estimate of drug-likeness (QED) is 0.367. The van der Waals surface area contributed by atoms with Crippen LogP contribution in [0.3, 0.4) is 0 Å². The summed E-state index contributed by atoms with van der Waals surface area (Å²) in [5.74, 6) is 0.415. The molecule has 0 amide bonds. The van der Waals surface area contributed by atoms with Crippen LogP contribution >= 0.6 is 0 Å². The van der Waals surface area contributed by atoms with Crippen LogP contribution in [0.2, 0.25) is 0 Å². The normalized spacial score (nSPS) is 23.5. The Morgan fingerprint density at radius 3 is 2.65 bits per heavy atom. The molecule has 1 aliphatic carbocycles. The van der Waals surface area contributed by atoms with E-state index in [9.17, 15) is 8.42 Å². The summed E-state index contributed by atoms with van der Waals surface area (Å²) in [6, 6.07) is 12.6. The fraction of sp³-hybridized carbons (Fsp3) is 0.222. The molecular formula is C18H17N5O2S. The number of benzene rings is 2. The summed E-state index contributed by atoms with van der Waals surface area (Å²) < 4.78 is 23.4. The molecule has 2 aliphatic rings. The maximum Gasteiger partial charge on any atom is 0.238 e. The average Bonchev–Trinajstić information content (AvgIpc) is 3.11.